The van der Waals surface area contributed by atoms with Crippen LogP contribution in [0.25, 0.3) is 0 Å². The number of hydrogen-bond acceptors (Lipinski definition) is 5. The normalized spacial score (nSPS) is 19.6. The van der Waals surface area contributed by atoms with Crippen LogP contribution >= 0.6 is 0 Å². The van der Waals surface area contributed by atoms with Gasteiger partial charge in [0.25, 0.3) is 0 Å². The predicted octanol–water partition coefficient (Wildman–Crippen LogP) is 0.927. The van der Waals surface area contributed by atoms with E-state index in [1.165, 1.54) is 0 Å². The number of carbonyl (C=O) groups excluding carboxylic acids is 1. The van der Waals surface area contributed by atoms with Gasteiger partial charge in [-0.1, -0.05) is 42.5 Å². The Morgan fingerprint density at radius 3 is 2.56 bits per heavy atom. The van der Waals surface area contributed by atoms with Crippen molar-refractivity contribution in [3.05, 3.63) is 65.7 Å². The van der Waals surface area contributed by atoms with Crippen molar-refractivity contribution >= 4 is 5.91 Å². The van der Waals surface area contributed by atoms with E-state index < -0.39 is 18.2 Å². The third-order valence-corrected chi connectivity index (χ3v) is 4.95. The number of carbonyl (C=O) groups is 1. The molecule has 0 aromatic heterocycles. The van der Waals surface area contributed by atoms with Crippen LogP contribution in [0.5, 0.6) is 5.75 Å². The predicted molar refractivity (Wildman–Crippen MR) is 104 cm³/mol. The number of nitrogens with zero attached hydrogens (tertiary/aromatic N) is 1. The van der Waals surface area contributed by atoms with E-state index in [2.05, 4.69) is 5.32 Å². The van der Waals surface area contributed by atoms with Gasteiger partial charge in [0.2, 0.25) is 5.91 Å². The Morgan fingerprint density at radius 2 is 1.89 bits per heavy atom. The molecule has 1 heterocycles. The fraction of sp³-hybridized carbons (Fsp3) is 0.381. The summed E-state index contributed by atoms with van der Waals surface area (Å²) in [4.78, 5) is 14.6. The monoisotopic (exact) mass is 369 g/mol. The summed E-state index contributed by atoms with van der Waals surface area (Å²) >= 11 is 0. The van der Waals surface area contributed by atoms with Gasteiger partial charge in [-0.2, -0.15) is 0 Å². The van der Waals surface area contributed by atoms with Crippen molar-refractivity contribution in [2.24, 2.45) is 5.73 Å². The second kappa shape index (κ2) is 8.99. The number of piperazine rings is 1. The van der Waals surface area contributed by atoms with Gasteiger partial charge in [0.1, 0.15) is 11.8 Å². The van der Waals surface area contributed by atoms with Crippen LogP contribution < -0.4 is 15.8 Å². The molecule has 4 N–H and O–H groups in total. The van der Waals surface area contributed by atoms with Crippen molar-refractivity contribution < 1.29 is 14.6 Å². The maximum atomic E-state index is 12.9. The van der Waals surface area contributed by atoms with E-state index in [1.807, 2.05) is 54.6 Å². The van der Waals surface area contributed by atoms with Crippen LogP contribution in [-0.4, -0.2) is 54.3 Å². The fourth-order valence-corrected chi connectivity index (χ4v) is 3.38. The Labute approximate surface area is 159 Å². The Kier molecular flexibility index (Phi) is 6.45. The Bertz CT molecular complexity index is 736. The van der Waals surface area contributed by atoms with Crippen molar-refractivity contribution in [1.82, 2.24) is 10.2 Å². The van der Waals surface area contributed by atoms with Crippen LogP contribution in [-0.2, 0) is 17.8 Å². The number of rotatable bonds is 7. The van der Waals surface area contributed by atoms with Crippen LogP contribution in [0.4, 0.5) is 0 Å². The third kappa shape index (κ3) is 4.86. The first kappa shape index (κ1) is 19.4. The molecule has 0 saturated carbocycles. The summed E-state index contributed by atoms with van der Waals surface area (Å²) in [5.41, 5.74) is 8.26. The summed E-state index contributed by atoms with van der Waals surface area (Å²) in [6.45, 7) is 1.73. The zero-order valence-corrected chi connectivity index (χ0v) is 15.5. The van der Waals surface area contributed by atoms with Gasteiger partial charge in [0, 0.05) is 25.7 Å². The molecule has 1 aliphatic heterocycles. The lowest BCUT2D eigenvalue weighted by Crippen LogP contribution is -2.62. The topological polar surface area (TPSA) is 87.8 Å². The Balaban J connectivity index is 1.62. The number of ether oxygens (including phenoxy) is 1. The zero-order valence-electron chi connectivity index (χ0n) is 15.5. The lowest BCUT2D eigenvalue weighted by atomic mass is 9.95. The Morgan fingerprint density at radius 1 is 1.19 bits per heavy atom. The molecule has 27 heavy (non-hydrogen) atoms. The van der Waals surface area contributed by atoms with Crippen LogP contribution in [0.2, 0.25) is 0 Å². The van der Waals surface area contributed by atoms with E-state index in [1.54, 1.807) is 12.0 Å². The van der Waals surface area contributed by atoms with Crippen LogP contribution in [0.15, 0.2) is 54.6 Å². The second-order valence-electron chi connectivity index (χ2n) is 6.88. The molecule has 1 aliphatic rings. The van der Waals surface area contributed by atoms with Gasteiger partial charge in [0.15, 0.2) is 0 Å². The Hall–Kier alpha value is -2.41. The molecule has 3 unspecified atom stereocenters. The molecule has 2 aromatic carbocycles. The molecule has 144 valence electrons. The molecule has 1 amide bonds. The molecule has 1 fully saturated rings. The average Bonchev–Trinajstić information content (AvgIpc) is 2.70. The third-order valence-electron chi connectivity index (χ3n) is 4.95. The summed E-state index contributed by atoms with van der Waals surface area (Å²) in [7, 11) is 1.62. The maximum absolute atomic E-state index is 12.9. The van der Waals surface area contributed by atoms with Gasteiger partial charge < -0.3 is 25.8 Å². The minimum absolute atomic E-state index is 0.118. The summed E-state index contributed by atoms with van der Waals surface area (Å²) in [6.07, 6.45) is -0.428. The number of nitrogens with two attached hydrogens (primary N) is 1. The number of aliphatic hydroxyl groups excluding tert-OH is 1. The van der Waals surface area contributed by atoms with E-state index >= 15 is 0 Å². The van der Waals surface area contributed by atoms with E-state index in [0.29, 0.717) is 26.1 Å². The van der Waals surface area contributed by atoms with Gasteiger partial charge in [-0.3, -0.25) is 4.79 Å². The van der Waals surface area contributed by atoms with Gasteiger partial charge in [0.05, 0.1) is 13.2 Å². The largest absolute Gasteiger partial charge is 0.497 e. The first-order valence-corrected chi connectivity index (χ1v) is 9.21. The van der Waals surface area contributed by atoms with Crippen LogP contribution in [0, 0.1) is 0 Å². The smallest absolute Gasteiger partial charge is 0.242 e. The quantitative estimate of drug-likeness (QED) is 0.676. The molecule has 6 heteroatoms. The summed E-state index contributed by atoms with van der Waals surface area (Å²) in [5.74, 6) is 0.665. The number of aliphatic hydroxyl groups is 1. The average molecular weight is 369 g/mol. The summed E-state index contributed by atoms with van der Waals surface area (Å²) in [5, 5.41) is 13.8. The van der Waals surface area contributed by atoms with Gasteiger partial charge in [-0.05, 0) is 29.7 Å². The summed E-state index contributed by atoms with van der Waals surface area (Å²) < 4.78 is 5.17. The van der Waals surface area contributed by atoms with E-state index in [4.69, 9.17) is 10.5 Å². The molecule has 3 rings (SSSR count). The van der Waals surface area contributed by atoms with Gasteiger partial charge in [-0.15, -0.1) is 0 Å². The SMILES string of the molecule is COc1ccc(CN2CCNC(C(O)C(N)Cc3ccccc3)C2=O)cc1. The molecule has 3 atom stereocenters. The molecular weight excluding hydrogens is 342 g/mol. The number of benzene rings is 2. The lowest BCUT2D eigenvalue weighted by molar-refractivity contribution is -0.140. The highest BCUT2D eigenvalue weighted by molar-refractivity contribution is 5.83. The summed E-state index contributed by atoms with van der Waals surface area (Å²) in [6, 6.07) is 16.2. The minimum atomic E-state index is -0.948. The zero-order chi connectivity index (χ0) is 19.2. The lowest BCUT2D eigenvalue weighted by Gasteiger charge is -2.37. The molecule has 0 aliphatic carbocycles. The standard InChI is InChI=1S/C21H27N3O3/c1-27-17-9-7-16(8-10-17)14-24-12-11-23-19(21(24)26)20(25)18(22)13-15-5-3-2-4-6-15/h2-10,18-20,23,25H,11-14,22H2,1H3. The van der Waals surface area contributed by atoms with Crippen molar-refractivity contribution in [2.75, 3.05) is 20.2 Å². The fourth-order valence-electron chi connectivity index (χ4n) is 3.38. The van der Waals surface area contributed by atoms with Crippen LogP contribution in [0.3, 0.4) is 0 Å². The van der Waals surface area contributed by atoms with Crippen molar-refractivity contribution in [1.29, 1.82) is 0 Å². The molecular formula is C21H27N3O3. The molecule has 6 nitrogen and oxygen atoms in total. The van der Waals surface area contributed by atoms with E-state index in [0.717, 1.165) is 16.9 Å². The van der Waals surface area contributed by atoms with Crippen molar-refractivity contribution in [3.8, 4) is 5.75 Å². The second-order valence-corrected chi connectivity index (χ2v) is 6.88. The van der Waals surface area contributed by atoms with E-state index in [-0.39, 0.29) is 5.91 Å². The number of methoxy groups -OCH3 is 1. The molecule has 0 bridgehead atoms. The number of amides is 1. The maximum Gasteiger partial charge on any atom is 0.242 e. The first-order valence-electron chi connectivity index (χ1n) is 9.21. The van der Waals surface area contributed by atoms with Crippen molar-refractivity contribution in [3.63, 3.8) is 0 Å². The number of nitrogens with one attached hydrogen (secondary N) is 1. The van der Waals surface area contributed by atoms with E-state index in [9.17, 15) is 9.90 Å². The van der Waals surface area contributed by atoms with Crippen LogP contribution in [0.1, 0.15) is 11.1 Å². The van der Waals surface area contributed by atoms with Gasteiger partial charge in [-0.25, -0.2) is 0 Å². The number of hydrogen-bond donors (Lipinski definition) is 3. The molecule has 1 saturated heterocycles. The first-order chi connectivity index (χ1) is 13.1. The molecule has 0 spiro atoms. The van der Waals surface area contributed by atoms with Crippen molar-refractivity contribution in [2.45, 2.75) is 31.2 Å². The highest BCUT2D eigenvalue weighted by Crippen LogP contribution is 2.16. The highest BCUT2D eigenvalue weighted by atomic mass is 16.5. The highest BCUT2D eigenvalue weighted by Gasteiger charge is 2.36. The van der Waals surface area contributed by atoms with Gasteiger partial charge >= 0.3 is 0 Å². The minimum Gasteiger partial charge on any atom is -0.497 e. The molecule has 0 radical (unpaired) electrons. The molecule has 2 aromatic rings.